The van der Waals surface area contributed by atoms with Gasteiger partial charge in [-0.25, -0.2) is 4.79 Å². The number of carbonyl (C=O) groups excluding carboxylic acids is 2. The summed E-state index contributed by atoms with van der Waals surface area (Å²) >= 11 is 0. The standard InChI is InChI=1S/C13H22N4O3/c1-8(17-12(18)10(7-14)11(15)16)13(19)20-9-5-3-2-4-6-9/h7-9H,2-6,14H2,1H3,(H3,15,16)(H,17,18)/b10-7+. The molecule has 0 bridgehead atoms. The van der Waals surface area contributed by atoms with Crippen LogP contribution in [0.4, 0.5) is 0 Å². The van der Waals surface area contributed by atoms with Gasteiger partial charge in [-0.1, -0.05) is 6.42 Å². The first-order chi connectivity index (χ1) is 9.45. The first-order valence-corrected chi connectivity index (χ1v) is 6.73. The maximum Gasteiger partial charge on any atom is 0.328 e. The third-order valence-electron chi connectivity index (χ3n) is 3.24. The molecule has 7 heteroatoms. The highest BCUT2D eigenvalue weighted by atomic mass is 16.5. The van der Waals surface area contributed by atoms with Crippen molar-refractivity contribution in [3.05, 3.63) is 11.8 Å². The minimum atomic E-state index is -0.807. The number of nitrogens with two attached hydrogens (primary N) is 2. The number of hydrogen-bond acceptors (Lipinski definition) is 5. The van der Waals surface area contributed by atoms with Gasteiger partial charge in [-0.3, -0.25) is 10.2 Å². The fourth-order valence-electron chi connectivity index (χ4n) is 2.07. The number of carbonyl (C=O) groups is 2. The van der Waals surface area contributed by atoms with Crippen molar-refractivity contribution in [2.24, 2.45) is 11.5 Å². The van der Waals surface area contributed by atoms with Gasteiger partial charge in [0.25, 0.3) is 5.91 Å². The van der Waals surface area contributed by atoms with Crippen LogP contribution in [0.2, 0.25) is 0 Å². The van der Waals surface area contributed by atoms with Gasteiger partial charge in [0.15, 0.2) is 0 Å². The smallest absolute Gasteiger partial charge is 0.328 e. The van der Waals surface area contributed by atoms with Crippen molar-refractivity contribution in [3.8, 4) is 0 Å². The Kier molecular flexibility index (Phi) is 6.02. The van der Waals surface area contributed by atoms with Crippen LogP contribution < -0.4 is 16.8 Å². The Morgan fingerprint density at radius 1 is 1.35 bits per heavy atom. The molecule has 1 unspecified atom stereocenters. The molecular weight excluding hydrogens is 260 g/mol. The molecule has 6 N–H and O–H groups in total. The van der Waals surface area contributed by atoms with Gasteiger partial charge in [-0.05, 0) is 32.6 Å². The highest BCUT2D eigenvalue weighted by Crippen LogP contribution is 2.20. The second-order valence-corrected chi connectivity index (χ2v) is 4.89. The molecule has 0 spiro atoms. The summed E-state index contributed by atoms with van der Waals surface area (Å²) in [6, 6.07) is -0.807. The molecule has 0 aromatic heterocycles. The van der Waals surface area contributed by atoms with Gasteiger partial charge in [0, 0.05) is 6.20 Å². The molecule has 1 atom stereocenters. The van der Waals surface area contributed by atoms with Gasteiger partial charge in [0.2, 0.25) is 0 Å². The van der Waals surface area contributed by atoms with E-state index in [2.05, 4.69) is 5.32 Å². The molecule has 7 nitrogen and oxygen atoms in total. The zero-order chi connectivity index (χ0) is 15.1. The Hall–Kier alpha value is -2.05. The van der Waals surface area contributed by atoms with E-state index in [1.807, 2.05) is 0 Å². The Morgan fingerprint density at radius 3 is 2.45 bits per heavy atom. The Labute approximate surface area is 118 Å². The molecule has 20 heavy (non-hydrogen) atoms. The predicted octanol–water partition coefficient (Wildman–Crippen LogP) is 0.146. The lowest BCUT2D eigenvalue weighted by molar-refractivity contribution is -0.153. The van der Waals surface area contributed by atoms with Gasteiger partial charge >= 0.3 is 5.97 Å². The van der Waals surface area contributed by atoms with Crippen molar-refractivity contribution in [1.29, 1.82) is 5.41 Å². The van der Waals surface area contributed by atoms with E-state index in [0.717, 1.165) is 31.9 Å². The number of nitrogens with one attached hydrogen (secondary N) is 2. The lowest BCUT2D eigenvalue weighted by Gasteiger charge is -2.23. The van der Waals surface area contributed by atoms with Gasteiger partial charge < -0.3 is 21.5 Å². The second kappa shape index (κ2) is 7.52. The predicted molar refractivity (Wildman–Crippen MR) is 74.8 cm³/mol. The topological polar surface area (TPSA) is 131 Å². The number of hydrogen-bond donors (Lipinski definition) is 4. The molecular formula is C13H22N4O3. The van der Waals surface area contributed by atoms with E-state index >= 15 is 0 Å². The molecule has 0 aromatic carbocycles. The molecule has 0 aliphatic heterocycles. The summed E-state index contributed by atoms with van der Waals surface area (Å²) in [7, 11) is 0. The van der Waals surface area contributed by atoms with Gasteiger partial charge in [0.1, 0.15) is 18.0 Å². The summed E-state index contributed by atoms with van der Waals surface area (Å²) in [5.74, 6) is -1.59. The lowest BCUT2D eigenvalue weighted by atomic mass is 9.98. The zero-order valence-corrected chi connectivity index (χ0v) is 11.6. The fraction of sp³-hybridized carbons (Fsp3) is 0.615. The SMILES string of the molecule is CC(NC(=O)/C(=C/N)C(=N)N)C(=O)OC1CCCCC1. The second-order valence-electron chi connectivity index (χ2n) is 4.89. The Bertz CT molecular complexity index is 414. The van der Waals surface area contributed by atoms with E-state index < -0.39 is 23.8 Å². The monoisotopic (exact) mass is 282 g/mol. The van der Waals surface area contributed by atoms with E-state index in [-0.39, 0.29) is 11.7 Å². The average Bonchev–Trinajstić information content (AvgIpc) is 2.40. The molecule has 1 amide bonds. The molecule has 0 radical (unpaired) electrons. The van der Waals surface area contributed by atoms with E-state index in [9.17, 15) is 9.59 Å². The number of amides is 1. The van der Waals surface area contributed by atoms with Crippen molar-refractivity contribution >= 4 is 17.7 Å². The van der Waals surface area contributed by atoms with Crippen molar-refractivity contribution in [2.45, 2.75) is 51.2 Å². The first kappa shape index (κ1) is 16.0. The lowest BCUT2D eigenvalue weighted by Crippen LogP contribution is -2.43. The number of ether oxygens (including phenoxy) is 1. The maximum absolute atomic E-state index is 11.9. The molecule has 112 valence electrons. The van der Waals surface area contributed by atoms with Crippen molar-refractivity contribution in [2.75, 3.05) is 0 Å². The van der Waals surface area contributed by atoms with Crippen LogP contribution >= 0.6 is 0 Å². The molecule has 1 aliphatic carbocycles. The van der Waals surface area contributed by atoms with E-state index in [1.165, 1.54) is 13.3 Å². The number of amidine groups is 1. The third kappa shape index (κ3) is 4.56. The zero-order valence-electron chi connectivity index (χ0n) is 11.6. The quantitative estimate of drug-likeness (QED) is 0.246. The van der Waals surface area contributed by atoms with Crippen LogP contribution in [0, 0.1) is 5.41 Å². The molecule has 1 rings (SSSR count). The highest BCUT2D eigenvalue weighted by Gasteiger charge is 2.24. The van der Waals surface area contributed by atoms with Crippen LogP contribution in [0.3, 0.4) is 0 Å². The highest BCUT2D eigenvalue weighted by molar-refractivity contribution is 6.19. The Morgan fingerprint density at radius 2 is 1.95 bits per heavy atom. The molecule has 1 aliphatic rings. The largest absolute Gasteiger partial charge is 0.461 e. The average molecular weight is 282 g/mol. The van der Waals surface area contributed by atoms with Crippen LogP contribution in [-0.4, -0.2) is 29.9 Å². The van der Waals surface area contributed by atoms with Crippen LogP contribution in [0.15, 0.2) is 11.8 Å². The summed E-state index contributed by atoms with van der Waals surface area (Å²) in [5.41, 5.74) is 10.3. The molecule has 0 aromatic rings. The minimum absolute atomic E-state index is 0.0621. The summed E-state index contributed by atoms with van der Waals surface area (Å²) in [6.45, 7) is 1.53. The van der Waals surface area contributed by atoms with Gasteiger partial charge in [-0.15, -0.1) is 0 Å². The van der Waals surface area contributed by atoms with Crippen molar-refractivity contribution < 1.29 is 14.3 Å². The van der Waals surface area contributed by atoms with Crippen LogP contribution in [0.1, 0.15) is 39.0 Å². The molecule has 0 saturated heterocycles. The van der Waals surface area contributed by atoms with E-state index in [1.54, 1.807) is 0 Å². The normalized spacial score (nSPS) is 18.1. The van der Waals surface area contributed by atoms with Crippen LogP contribution in [0.5, 0.6) is 0 Å². The number of rotatable bonds is 5. The van der Waals surface area contributed by atoms with Crippen molar-refractivity contribution in [1.82, 2.24) is 5.32 Å². The van der Waals surface area contributed by atoms with Gasteiger partial charge in [0.05, 0.1) is 5.57 Å². The maximum atomic E-state index is 11.9. The third-order valence-corrected chi connectivity index (χ3v) is 3.24. The molecule has 0 heterocycles. The molecule has 1 fully saturated rings. The summed E-state index contributed by atoms with van der Waals surface area (Å²) in [6.07, 6.45) is 5.90. The van der Waals surface area contributed by atoms with E-state index in [4.69, 9.17) is 21.6 Å². The summed E-state index contributed by atoms with van der Waals surface area (Å²) in [5, 5.41) is 9.61. The summed E-state index contributed by atoms with van der Waals surface area (Å²) in [4.78, 5) is 23.6. The minimum Gasteiger partial charge on any atom is -0.461 e. The van der Waals surface area contributed by atoms with Crippen LogP contribution in [-0.2, 0) is 14.3 Å². The van der Waals surface area contributed by atoms with Crippen molar-refractivity contribution in [3.63, 3.8) is 0 Å². The fourth-order valence-corrected chi connectivity index (χ4v) is 2.07. The van der Waals surface area contributed by atoms with E-state index in [0.29, 0.717) is 0 Å². The summed E-state index contributed by atoms with van der Waals surface area (Å²) < 4.78 is 5.34. The molecule has 1 saturated carbocycles. The van der Waals surface area contributed by atoms with Gasteiger partial charge in [-0.2, -0.15) is 0 Å². The number of esters is 1. The Balaban J connectivity index is 2.48. The van der Waals surface area contributed by atoms with Crippen LogP contribution in [0.25, 0.3) is 0 Å². The first-order valence-electron chi connectivity index (χ1n) is 6.73.